The summed E-state index contributed by atoms with van der Waals surface area (Å²) in [6, 6.07) is 24.8. The van der Waals surface area contributed by atoms with Crippen molar-refractivity contribution < 1.29 is 25.8 Å². The smallest absolute Gasteiger partial charge is 0.264 e. The van der Waals surface area contributed by atoms with Crippen molar-refractivity contribution in [2.24, 2.45) is 0 Å². The van der Waals surface area contributed by atoms with Gasteiger partial charge in [0, 0.05) is 12.3 Å². The van der Waals surface area contributed by atoms with E-state index >= 15 is 0 Å². The molecule has 0 aromatic heterocycles. The molecular formula is C26H28N2O6S3. The SMILES string of the molecule is CS(=O)(=O)OCCC(NC(=O)C1SCCN1S(=O)(=O)c1ccc(-c2ccccc2)cc1)c1ccccc1. The lowest BCUT2D eigenvalue weighted by atomic mass is 10.0. The van der Waals surface area contributed by atoms with Gasteiger partial charge in [-0.05, 0) is 35.2 Å². The predicted molar refractivity (Wildman–Crippen MR) is 145 cm³/mol. The molecule has 196 valence electrons. The fraction of sp³-hybridized carbons (Fsp3) is 0.269. The molecule has 1 saturated heterocycles. The van der Waals surface area contributed by atoms with E-state index in [4.69, 9.17) is 4.18 Å². The molecule has 1 amide bonds. The summed E-state index contributed by atoms with van der Waals surface area (Å²) in [4.78, 5) is 13.4. The molecular weight excluding hydrogens is 532 g/mol. The van der Waals surface area contributed by atoms with Crippen LogP contribution in [0.15, 0.2) is 89.8 Å². The molecule has 1 heterocycles. The third kappa shape index (κ3) is 6.99. The molecule has 0 bridgehead atoms. The van der Waals surface area contributed by atoms with E-state index in [2.05, 4.69) is 5.32 Å². The van der Waals surface area contributed by atoms with E-state index in [1.54, 1.807) is 24.3 Å². The molecule has 3 aromatic carbocycles. The molecule has 0 saturated carbocycles. The summed E-state index contributed by atoms with van der Waals surface area (Å²) in [7, 11) is -7.55. The van der Waals surface area contributed by atoms with E-state index in [0.29, 0.717) is 5.75 Å². The molecule has 1 N–H and O–H groups in total. The lowest BCUT2D eigenvalue weighted by Crippen LogP contribution is -2.45. The summed E-state index contributed by atoms with van der Waals surface area (Å²) in [5.41, 5.74) is 2.64. The third-order valence-corrected chi connectivity index (χ3v) is 9.67. The van der Waals surface area contributed by atoms with E-state index in [1.165, 1.54) is 16.1 Å². The van der Waals surface area contributed by atoms with Crippen LogP contribution in [0.4, 0.5) is 0 Å². The van der Waals surface area contributed by atoms with Gasteiger partial charge >= 0.3 is 0 Å². The van der Waals surface area contributed by atoms with E-state index in [0.717, 1.165) is 22.9 Å². The Balaban J connectivity index is 1.50. The Bertz CT molecular complexity index is 1410. The van der Waals surface area contributed by atoms with Crippen LogP contribution in [-0.4, -0.2) is 57.6 Å². The number of thioether (sulfide) groups is 1. The second-order valence-corrected chi connectivity index (χ2v) is 13.2. The van der Waals surface area contributed by atoms with Crippen molar-refractivity contribution in [1.82, 2.24) is 9.62 Å². The predicted octanol–water partition coefficient (Wildman–Crippen LogP) is 3.64. The van der Waals surface area contributed by atoms with Gasteiger partial charge < -0.3 is 5.32 Å². The number of rotatable bonds is 10. The number of amides is 1. The minimum absolute atomic E-state index is 0.119. The minimum Gasteiger partial charge on any atom is -0.347 e. The van der Waals surface area contributed by atoms with Crippen LogP contribution >= 0.6 is 11.8 Å². The van der Waals surface area contributed by atoms with Gasteiger partial charge in [0.2, 0.25) is 15.9 Å². The number of carbonyl (C=O) groups is 1. The van der Waals surface area contributed by atoms with Gasteiger partial charge in [-0.25, -0.2) is 8.42 Å². The number of nitrogens with one attached hydrogen (secondary N) is 1. The van der Waals surface area contributed by atoms with Gasteiger partial charge in [-0.2, -0.15) is 12.7 Å². The Hall–Kier alpha value is -2.70. The highest BCUT2D eigenvalue weighted by molar-refractivity contribution is 8.02. The van der Waals surface area contributed by atoms with Crippen molar-refractivity contribution >= 4 is 37.8 Å². The fourth-order valence-electron chi connectivity index (χ4n) is 4.06. The Morgan fingerprint density at radius 3 is 2.16 bits per heavy atom. The van der Waals surface area contributed by atoms with Crippen molar-refractivity contribution in [3.8, 4) is 11.1 Å². The van der Waals surface area contributed by atoms with Crippen molar-refractivity contribution in [3.63, 3.8) is 0 Å². The first kappa shape index (κ1) is 27.3. The number of hydrogen-bond acceptors (Lipinski definition) is 7. The molecule has 11 heteroatoms. The van der Waals surface area contributed by atoms with Crippen LogP contribution in [0.2, 0.25) is 0 Å². The zero-order valence-electron chi connectivity index (χ0n) is 20.2. The summed E-state index contributed by atoms with van der Waals surface area (Å²) in [5.74, 6) is 0.0206. The number of benzene rings is 3. The normalized spacial score (nSPS) is 17.4. The molecule has 2 unspecified atom stereocenters. The average molecular weight is 561 g/mol. The van der Waals surface area contributed by atoms with E-state index < -0.39 is 37.5 Å². The van der Waals surface area contributed by atoms with Gasteiger partial charge in [0.1, 0.15) is 5.37 Å². The molecule has 0 aliphatic carbocycles. The molecule has 8 nitrogen and oxygen atoms in total. The molecule has 1 aliphatic rings. The van der Waals surface area contributed by atoms with Crippen LogP contribution in [0.25, 0.3) is 11.1 Å². The third-order valence-electron chi connectivity index (χ3n) is 5.86. The molecule has 1 aliphatic heterocycles. The molecule has 2 atom stereocenters. The molecule has 1 fully saturated rings. The lowest BCUT2D eigenvalue weighted by molar-refractivity contribution is -0.123. The number of carbonyl (C=O) groups excluding carboxylic acids is 1. The van der Waals surface area contributed by atoms with Crippen molar-refractivity contribution in [1.29, 1.82) is 0 Å². The van der Waals surface area contributed by atoms with Crippen LogP contribution in [0.3, 0.4) is 0 Å². The van der Waals surface area contributed by atoms with Crippen LogP contribution in [0.1, 0.15) is 18.0 Å². The quantitative estimate of drug-likeness (QED) is 0.377. The van der Waals surface area contributed by atoms with Gasteiger partial charge in [-0.3, -0.25) is 8.98 Å². The second-order valence-electron chi connectivity index (χ2n) is 8.52. The minimum atomic E-state index is -3.92. The van der Waals surface area contributed by atoms with Gasteiger partial charge in [0.25, 0.3) is 10.1 Å². The molecule has 0 spiro atoms. The number of sulfonamides is 1. The largest absolute Gasteiger partial charge is 0.347 e. The first-order valence-corrected chi connectivity index (χ1v) is 15.9. The first-order valence-electron chi connectivity index (χ1n) is 11.6. The highest BCUT2D eigenvalue weighted by atomic mass is 32.2. The summed E-state index contributed by atoms with van der Waals surface area (Å²) in [6.07, 6.45) is 1.17. The average Bonchev–Trinajstić information content (AvgIpc) is 3.40. The highest BCUT2D eigenvalue weighted by Gasteiger charge is 2.40. The van der Waals surface area contributed by atoms with Crippen LogP contribution in [0, 0.1) is 0 Å². The maximum Gasteiger partial charge on any atom is 0.264 e. The van der Waals surface area contributed by atoms with E-state index in [1.807, 2.05) is 60.7 Å². The van der Waals surface area contributed by atoms with Gasteiger partial charge in [0.05, 0.1) is 23.8 Å². The standard InChI is InChI=1S/C26H28N2O6S3/c1-36(30,31)34-18-16-24(22-10-6-3-7-11-22)27-25(29)26-28(17-19-35-26)37(32,33)23-14-12-21(13-15-23)20-8-4-2-5-9-20/h2-15,24,26H,16-19H2,1H3,(H,27,29). The van der Waals surface area contributed by atoms with Crippen LogP contribution in [0.5, 0.6) is 0 Å². The van der Waals surface area contributed by atoms with Gasteiger partial charge in [0.15, 0.2) is 0 Å². The molecule has 37 heavy (non-hydrogen) atoms. The highest BCUT2D eigenvalue weighted by Crippen LogP contribution is 2.32. The molecule has 3 aromatic rings. The van der Waals surface area contributed by atoms with E-state index in [-0.39, 0.29) is 24.5 Å². The summed E-state index contributed by atoms with van der Waals surface area (Å²) >= 11 is 1.25. The first-order chi connectivity index (χ1) is 17.6. The Labute approximate surface area is 222 Å². The van der Waals surface area contributed by atoms with Crippen LogP contribution < -0.4 is 5.32 Å². The van der Waals surface area contributed by atoms with Gasteiger partial charge in [-0.15, -0.1) is 11.8 Å². The Kier molecular flexibility index (Phi) is 8.71. The molecule has 0 radical (unpaired) electrons. The fourth-order valence-corrected chi connectivity index (χ4v) is 7.54. The molecule has 4 rings (SSSR count). The summed E-state index contributed by atoms with van der Waals surface area (Å²) in [5, 5.41) is 1.96. The summed E-state index contributed by atoms with van der Waals surface area (Å²) < 4.78 is 55.8. The summed E-state index contributed by atoms with van der Waals surface area (Å²) in [6.45, 7) is 0.0883. The van der Waals surface area contributed by atoms with Crippen molar-refractivity contribution in [2.45, 2.75) is 22.7 Å². The topological polar surface area (TPSA) is 110 Å². The Morgan fingerprint density at radius 2 is 1.54 bits per heavy atom. The number of nitrogens with zero attached hydrogens (tertiary/aromatic N) is 1. The maximum atomic E-state index is 13.5. The lowest BCUT2D eigenvalue weighted by Gasteiger charge is -2.26. The van der Waals surface area contributed by atoms with Gasteiger partial charge in [-0.1, -0.05) is 72.8 Å². The second kappa shape index (κ2) is 11.8. The zero-order valence-corrected chi connectivity index (χ0v) is 22.6. The maximum absolute atomic E-state index is 13.5. The Morgan fingerprint density at radius 1 is 0.946 bits per heavy atom. The monoisotopic (exact) mass is 560 g/mol. The van der Waals surface area contributed by atoms with Crippen LogP contribution in [-0.2, 0) is 29.1 Å². The number of hydrogen-bond donors (Lipinski definition) is 1. The van der Waals surface area contributed by atoms with Crippen molar-refractivity contribution in [2.75, 3.05) is 25.2 Å². The zero-order chi connectivity index (χ0) is 26.5. The van der Waals surface area contributed by atoms with E-state index in [9.17, 15) is 21.6 Å². The van der Waals surface area contributed by atoms with Crippen molar-refractivity contribution in [3.05, 3.63) is 90.5 Å².